The van der Waals surface area contributed by atoms with E-state index in [9.17, 15) is 22.0 Å². The molecule has 0 aliphatic carbocycles. The average molecular weight is 464 g/mol. The van der Waals surface area contributed by atoms with E-state index in [4.69, 9.17) is 0 Å². The molecule has 2 unspecified atom stereocenters. The molecule has 1 aromatic heterocycles. The van der Waals surface area contributed by atoms with Crippen LogP contribution < -0.4 is 15.1 Å². The van der Waals surface area contributed by atoms with Gasteiger partial charge >= 0.3 is 6.18 Å². The van der Waals surface area contributed by atoms with Crippen LogP contribution in [0.1, 0.15) is 58.2 Å². The molecule has 1 aromatic rings. The average Bonchev–Trinajstić information content (AvgIpc) is 2.74. The van der Waals surface area contributed by atoms with Crippen molar-refractivity contribution < 1.29 is 22.0 Å². The minimum atomic E-state index is -4.72. The summed E-state index contributed by atoms with van der Waals surface area (Å²) in [7, 11) is 1.51. The third-order valence-electron chi connectivity index (χ3n) is 6.98. The zero-order valence-electron chi connectivity index (χ0n) is 19.1. The van der Waals surface area contributed by atoms with Crippen molar-refractivity contribution in [3.05, 3.63) is 11.9 Å². The maximum atomic E-state index is 14.3. The number of aromatic nitrogens is 2. The van der Waals surface area contributed by atoms with Crippen LogP contribution in [-0.2, 0) is 6.18 Å². The van der Waals surface area contributed by atoms with E-state index in [0.717, 1.165) is 32.1 Å². The van der Waals surface area contributed by atoms with Gasteiger partial charge in [0.2, 0.25) is 5.82 Å². The molecule has 0 amide bonds. The summed E-state index contributed by atoms with van der Waals surface area (Å²) in [6.07, 6.45) is -0.108. The third kappa shape index (κ3) is 5.61. The van der Waals surface area contributed by atoms with Crippen molar-refractivity contribution in [1.29, 1.82) is 0 Å². The first kappa shape index (κ1) is 24.9. The molecule has 0 saturated carbocycles. The number of rotatable bonds is 7. The van der Waals surface area contributed by atoms with Crippen molar-refractivity contribution in [3.8, 4) is 0 Å². The summed E-state index contributed by atoms with van der Waals surface area (Å²) in [5, 5.41) is 2.95. The Morgan fingerprint density at radius 1 is 1.22 bits per heavy atom. The van der Waals surface area contributed by atoms with Crippen LogP contribution in [0, 0.1) is 11.3 Å². The maximum Gasteiger partial charge on any atom is 0.451 e. The van der Waals surface area contributed by atoms with Gasteiger partial charge in [0.25, 0.3) is 5.92 Å². The van der Waals surface area contributed by atoms with Crippen LogP contribution in [0.15, 0.2) is 6.07 Å². The van der Waals surface area contributed by atoms with Crippen molar-refractivity contribution in [3.63, 3.8) is 0 Å². The number of nitrogens with zero attached hydrogens (tertiary/aromatic N) is 4. The van der Waals surface area contributed by atoms with Gasteiger partial charge in [-0.1, -0.05) is 20.3 Å². The van der Waals surface area contributed by atoms with E-state index in [1.54, 1.807) is 0 Å². The zero-order valence-corrected chi connectivity index (χ0v) is 19.1. The molecule has 2 aliphatic heterocycles. The largest absolute Gasteiger partial charge is 0.451 e. The van der Waals surface area contributed by atoms with Crippen molar-refractivity contribution >= 4 is 11.6 Å². The molecule has 5 nitrogen and oxygen atoms in total. The molecule has 0 bridgehead atoms. The van der Waals surface area contributed by atoms with E-state index in [-0.39, 0.29) is 43.1 Å². The molecule has 3 rings (SSSR count). The summed E-state index contributed by atoms with van der Waals surface area (Å²) >= 11 is 0. The van der Waals surface area contributed by atoms with Gasteiger partial charge in [0.05, 0.1) is 5.92 Å². The number of hydrogen-bond donors (Lipinski definition) is 1. The summed E-state index contributed by atoms with van der Waals surface area (Å²) in [6, 6.07) is 1.52. The smallest absolute Gasteiger partial charge is 0.359 e. The fraction of sp³-hybridized carbons (Fsp3) is 0.818. The minimum absolute atomic E-state index is 0.0202. The topological polar surface area (TPSA) is 44.3 Å². The van der Waals surface area contributed by atoms with Crippen LogP contribution in [0.5, 0.6) is 0 Å². The highest BCUT2D eigenvalue weighted by Gasteiger charge is 2.43. The number of nitrogens with one attached hydrogen (secondary N) is 1. The van der Waals surface area contributed by atoms with Crippen molar-refractivity contribution in [2.24, 2.45) is 11.3 Å². The Kier molecular flexibility index (Phi) is 7.51. The molecule has 0 aromatic carbocycles. The highest BCUT2D eigenvalue weighted by Crippen LogP contribution is 2.40. The van der Waals surface area contributed by atoms with Gasteiger partial charge in [0, 0.05) is 52.3 Å². The van der Waals surface area contributed by atoms with Gasteiger partial charge in [-0.25, -0.2) is 18.7 Å². The molecule has 2 atom stereocenters. The van der Waals surface area contributed by atoms with Crippen LogP contribution in [-0.4, -0.2) is 55.7 Å². The number of piperidine rings is 2. The van der Waals surface area contributed by atoms with E-state index >= 15 is 0 Å². The normalized spacial score (nSPS) is 26.2. The van der Waals surface area contributed by atoms with Gasteiger partial charge in [0.1, 0.15) is 11.6 Å². The van der Waals surface area contributed by atoms with E-state index in [2.05, 4.69) is 29.1 Å². The van der Waals surface area contributed by atoms with Gasteiger partial charge in [-0.2, -0.15) is 13.2 Å². The van der Waals surface area contributed by atoms with Crippen LogP contribution in [0.3, 0.4) is 0 Å². The fourth-order valence-electron chi connectivity index (χ4n) is 5.02. The van der Waals surface area contributed by atoms with Gasteiger partial charge in [0.15, 0.2) is 0 Å². The van der Waals surface area contributed by atoms with Gasteiger partial charge < -0.3 is 15.1 Å². The number of anilines is 2. The minimum Gasteiger partial charge on any atom is -0.359 e. The predicted octanol–water partition coefficient (Wildman–Crippen LogP) is 4.97. The highest BCUT2D eigenvalue weighted by molar-refractivity contribution is 5.51. The predicted molar refractivity (Wildman–Crippen MR) is 115 cm³/mol. The van der Waals surface area contributed by atoms with E-state index in [0.29, 0.717) is 13.1 Å². The number of halogens is 5. The van der Waals surface area contributed by atoms with Gasteiger partial charge in [-0.3, -0.25) is 0 Å². The quantitative estimate of drug-likeness (QED) is 0.579. The lowest BCUT2D eigenvalue weighted by atomic mass is 9.74. The van der Waals surface area contributed by atoms with Crippen LogP contribution in [0.4, 0.5) is 33.6 Å². The Balaban J connectivity index is 1.90. The molecule has 3 heterocycles. The second-order valence-corrected chi connectivity index (χ2v) is 9.33. The number of hydrogen-bond acceptors (Lipinski definition) is 5. The zero-order chi connectivity index (χ0) is 23.6. The Morgan fingerprint density at radius 3 is 2.59 bits per heavy atom. The highest BCUT2D eigenvalue weighted by atomic mass is 19.4. The monoisotopic (exact) mass is 463 g/mol. The van der Waals surface area contributed by atoms with E-state index in [1.165, 1.54) is 18.0 Å². The molecule has 0 spiro atoms. The molecule has 1 N–H and O–H groups in total. The summed E-state index contributed by atoms with van der Waals surface area (Å²) < 4.78 is 69.4. The van der Waals surface area contributed by atoms with Gasteiger partial charge in [-0.15, -0.1) is 0 Å². The summed E-state index contributed by atoms with van der Waals surface area (Å²) in [5.74, 6) is -4.85. The Bertz CT molecular complexity index is 768. The molecular formula is C22H34F5N5. The van der Waals surface area contributed by atoms with Crippen LogP contribution >= 0.6 is 0 Å². The van der Waals surface area contributed by atoms with Crippen LogP contribution in [0.25, 0.3) is 0 Å². The Morgan fingerprint density at radius 2 is 1.97 bits per heavy atom. The van der Waals surface area contributed by atoms with E-state index in [1.807, 2.05) is 4.90 Å². The Labute approximate surface area is 186 Å². The molecule has 10 heteroatoms. The first-order valence-electron chi connectivity index (χ1n) is 11.5. The van der Waals surface area contributed by atoms with E-state index < -0.39 is 23.8 Å². The van der Waals surface area contributed by atoms with Crippen LogP contribution in [0.2, 0.25) is 0 Å². The molecular weight excluding hydrogens is 429 g/mol. The lowest BCUT2D eigenvalue weighted by Gasteiger charge is -2.43. The summed E-state index contributed by atoms with van der Waals surface area (Å²) in [5.41, 5.74) is 0.0538. The summed E-state index contributed by atoms with van der Waals surface area (Å²) in [6.45, 7) is 5.75. The van der Waals surface area contributed by atoms with Crippen molar-refractivity contribution in [1.82, 2.24) is 15.3 Å². The lowest BCUT2D eigenvalue weighted by Crippen LogP contribution is -2.49. The van der Waals surface area contributed by atoms with Crippen molar-refractivity contribution in [2.45, 2.75) is 64.5 Å². The third-order valence-corrected chi connectivity index (χ3v) is 6.98. The standard InChI is InChI=1S/C22H34F5N5/c1-4-7-20(5-2)8-6-11-32(15-20)18-12-17(29-19(30-18)22(25,26)27)31(3)14-16-13-28-10-9-21(16,23)24/h12,16,28H,4-11,13-15H2,1-3H3. The summed E-state index contributed by atoms with van der Waals surface area (Å²) in [4.78, 5) is 10.9. The second-order valence-electron chi connectivity index (χ2n) is 9.33. The van der Waals surface area contributed by atoms with Crippen molar-refractivity contribution in [2.75, 3.05) is 49.6 Å². The Hall–Kier alpha value is -1.71. The SMILES string of the molecule is CCCC1(CC)CCCN(c2cc(N(C)CC3CNCCC3(F)F)nc(C(F)(F)F)n2)C1. The molecule has 182 valence electrons. The molecule has 2 aliphatic rings. The lowest BCUT2D eigenvalue weighted by molar-refractivity contribution is -0.144. The number of alkyl halides is 5. The fourth-order valence-corrected chi connectivity index (χ4v) is 5.02. The first-order chi connectivity index (χ1) is 15.0. The molecule has 0 radical (unpaired) electrons. The molecule has 2 fully saturated rings. The molecule has 32 heavy (non-hydrogen) atoms. The first-order valence-corrected chi connectivity index (χ1v) is 11.5. The van der Waals surface area contributed by atoms with Gasteiger partial charge in [-0.05, 0) is 31.1 Å². The maximum absolute atomic E-state index is 14.3. The molecule has 2 saturated heterocycles. The second kappa shape index (κ2) is 9.65.